The van der Waals surface area contributed by atoms with Crippen LogP contribution in [0.5, 0.6) is 0 Å². The average molecular weight is 386 g/mol. The third-order valence-electron chi connectivity index (χ3n) is 5.11. The van der Waals surface area contributed by atoms with Crippen LogP contribution in [0.3, 0.4) is 0 Å². The molecule has 2 aliphatic heterocycles. The summed E-state index contributed by atoms with van der Waals surface area (Å²) in [5.74, 6) is -0.515. The number of β-lactam (4-membered cyclic amide) rings is 1. The molecule has 0 aromatic heterocycles. The van der Waals surface area contributed by atoms with E-state index in [-0.39, 0.29) is 34.0 Å². The summed E-state index contributed by atoms with van der Waals surface area (Å²) in [7, 11) is -0.698. The van der Waals surface area contributed by atoms with Crippen molar-refractivity contribution in [2.75, 3.05) is 13.2 Å². The smallest absolute Gasteiger partial charge is 0.338 e. The molecule has 0 aromatic rings. The summed E-state index contributed by atoms with van der Waals surface area (Å²) < 4.78 is 10.8. The van der Waals surface area contributed by atoms with E-state index >= 15 is 0 Å². The van der Waals surface area contributed by atoms with Crippen molar-refractivity contribution in [3.05, 3.63) is 12.7 Å². The van der Waals surface area contributed by atoms with Gasteiger partial charge >= 0.3 is 5.97 Å². The molecule has 2 fully saturated rings. The Bertz CT molecular complexity index is 565. The second-order valence-corrected chi connectivity index (χ2v) is 11.1. The Kier molecular flexibility index (Phi) is 6.50. The molecular weight excluding hydrogens is 358 g/mol. The van der Waals surface area contributed by atoms with Gasteiger partial charge in [0.2, 0.25) is 11.0 Å². The van der Waals surface area contributed by atoms with E-state index in [1.54, 1.807) is 0 Å². The first kappa shape index (κ1) is 20.2. The van der Waals surface area contributed by atoms with Gasteiger partial charge < -0.3 is 14.1 Å². The third kappa shape index (κ3) is 4.17. The lowest BCUT2D eigenvalue weighted by atomic mass is 9.93. The van der Waals surface area contributed by atoms with Crippen molar-refractivity contribution in [2.24, 2.45) is 11.8 Å². The number of hydrogen-bond acceptors (Lipinski definition) is 6. The molecule has 25 heavy (non-hydrogen) atoms. The van der Waals surface area contributed by atoms with Gasteiger partial charge in [0.1, 0.15) is 6.61 Å². The lowest BCUT2D eigenvalue weighted by Gasteiger charge is -2.43. The molecule has 2 rings (SSSR count). The highest BCUT2D eigenvalue weighted by Crippen LogP contribution is 2.46. The van der Waals surface area contributed by atoms with Crippen molar-refractivity contribution in [1.29, 1.82) is 0 Å². The Morgan fingerprint density at radius 1 is 1.44 bits per heavy atom. The number of amides is 1. The van der Waals surface area contributed by atoms with Crippen LogP contribution in [-0.2, 0) is 23.5 Å². The Balaban J connectivity index is 1.84. The number of ether oxygens (including phenoxy) is 1. The van der Waals surface area contributed by atoms with Crippen LogP contribution in [0.25, 0.3) is 0 Å². The number of carbonyl (C=O) groups is 3. The van der Waals surface area contributed by atoms with Crippen LogP contribution in [0.1, 0.15) is 34.1 Å². The minimum atomic E-state index is -1.10. The Labute approximate surface area is 155 Å². The second kappa shape index (κ2) is 8.05. The van der Waals surface area contributed by atoms with Gasteiger partial charge in [-0.15, -0.1) is 0 Å². The Morgan fingerprint density at radius 2 is 2.12 bits per heavy atom. The van der Waals surface area contributed by atoms with E-state index in [1.807, 2.05) is 0 Å². The topological polar surface area (TPSA) is 72.9 Å². The summed E-state index contributed by atoms with van der Waals surface area (Å²) in [6.45, 7) is 12.8. The molecule has 8 heteroatoms. The van der Waals surface area contributed by atoms with E-state index in [0.717, 1.165) is 11.8 Å². The van der Waals surface area contributed by atoms with Crippen molar-refractivity contribution >= 4 is 38.5 Å². The highest BCUT2D eigenvalue weighted by Gasteiger charge is 2.60. The highest BCUT2D eigenvalue weighted by molar-refractivity contribution is 8.14. The lowest BCUT2D eigenvalue weighted by molar-refractivity contribution is -0.166. The van der Waals surface area contributed by atoms with Crippen LogP contribution in [0.15, 0.2) is 12.7 Å². The van der Waals surface area contributed by atoms with E-state index < -0.39 is 21.8 Å². The number of fused-ring (bicyclic) bond motifs is 1. The molecule has 6 nitrogen and oxygen atoms in total. The van der Waals surface area contributed by atoms with Crippen LogP contribution in [0.4, 0.5) is 0 Å². The highest BCUT2D eigenvalue weighted by atomic mass is 32.2. The molecule has 0 N–H and O–H groups in total. The first-order valence-corrected chi connectivity index (χ1v) is 10.7. The normalized spacial score (nSPS) is 26.3. The zero-order chi connectivity index (χ0) is 18.8. The maximum absolute atomic E-state index is 12.4. The molecule has 0 saturated carbocycles. The largest absolute Gasteiger partial charge is 0.460 e. The van der Waals surface area contributed by atoms with Gasteiger partial charge in [-0.05, 0) is 17.4 Å². The zero-order valence-corrected chi connectivity index (χ0v) is 17.5. The van der Waals surface area contributed by atoms with Crippen LogP contribution in [-0.4, -0.2) is 56.3 Å². The minimum Gasteiger partial charge on any atom is -0.460 e. The predicted octanol–water partition coefficient (Wildman–Crippen LogP) is 1.49. The first-order valence-electron chi connectivity index (χ1n) is 8.58. The standard InChI is InChI=1S/C17H27NO5SSi/c1-6-8-22-15(20)12-16(21)24-14-11(13(19)18(12)14)7-9-23-25-17(4,5)10(2)3/h6,10-12,14H,1,7-9,25H2,2-5H3/t11-,12?,14?/m0/s1. The van der Waals surface area contributed by atoms with Crippen LogP contribution in [0.2, 0.25) is 5.04 Å². The van der Waals surface area contributed by atoms with E-state index in [4.69, 9.17) is 9.16 Å². The van der Waals surface area contributed by atoms with Crippen molar-refractivity contribution in [3.8, 4) is 0 Å². The molecule has 2 heterocycles. The van der Waals surface area contributed by atoms with Gasteiger partial charge in [-0.3, -0.25) is 9.59 Å². The quantitative estimate of drug-likeness (QED) is 0.150. The maximum Gasteiger partial charge on any atom is 0.338 e. The van der Waals surface area contributed by atoms with Gasteiger partial charge in [-0.2, -0.15) is 0 Å². The van der Waals surface area contributed by atoms with Crippen molar-refractivity contribution in [1.82, 2.24) is 4.90 Å². The fourth-order valence-electron chi connectivity index (χ4n) is 2.67. The second-order valence-electron chi connectivity index (χ2n) is 7.49. The molecule has 0 radical (unpaired) electrons. The third-order valence-corrected chi connectivity index (χ3v) is 8.41. The molecule has 1 amide bonds. The Hall–Kier alpha value is -1.12. The van der Waals surface area contributed by atoms with E-state index in [1.165, 1.54) is 11.0 Å². The summed E-state index contributed by atoms with van der Waals surface area (Å²) in [6.07, 6.45) is 2.03. The molecule has 0 aliphatic carbocycles. The van der Waals surface area contributed by atoms with Crippen LogP contribution in [0, 0.1) is 11.8 Å². The average Bonchev–Trinajstić information content (AvgIpc) is 2.85. The molecule has 0 spiro atoms. The number of carbonyl (C=O) groups excluding carboxylic acids is 3. The number of esters is 1. The maximum atomic E-state index is 12.4. The summed E-state index contributed by atoms with van der Waals surface area (Å²) >= 11 is 1.06. The molecule has 140 valence electrons. The summed E-state index contributed by atoms with van der Waals surface area (Å²) in [6, 6.07) is -1.10. The van der Waals surface area contributed by atoms with Gasteiger partial charge in [-0.1, -0.05) is 52.1 Å². The molecule has 2 saturated heterocycles. The molecule has 0 aromatic carbocycles. The van der Waals surface area contributed by atoms with Crippen LogP contribution < -0.4 is 0 Å². The molecule has 2 unspecified atom stereocenters. The minimum absolute atomic E-state index is 0.0352. The number of rotatable bonds is 9. The molecule has 3 atom stereocenters. The predicted molar refractivity (Wildman–Crippen MR) is 99.7 cm³/mol. The molecule has 2 aliphatic rings. The van der Waals surface area contributed by atoms with Crippen molar-refractivity contribution in [2.45, 2.75) is 50.6 Å². The molecular formula is C17H27NO5SSi. The van der Waals surface area contributed by atoms with Gasteiger partial charge in [0.25, 0.3) is 0 Å². The fourth-order valence-corrected chi connectivity index (χ4v) is 5.17. The number of nitrogens with zero attached hydrogens (tertiary/aromatic N) is 1. The van der Waals surface area contributed by atoms with E-state index in [0.29, 0.717) is 18.9 Å². The van der Waals surface area contributed by atoms with Gasteiger partial charge in [-0.25, -0.2) is 4.79 Å². The van der Waals surface area contributed by atoms with Gasteiger partial charge in [0.05, 0.1) is 11.3 Å². The van der Waals surface area contributed by atoms with E-state index in [2.05, 4.69) is 34.3 Å². The SMILES string of the molecule is C=CCOC(=O)C1C(=O)SC2[C@@H](CCO[SiH2]C(C)(C)C(C)C)C(=O)N12. The lowest BCUT2D eigenvalue weighted by Crippen LogP contribution is -2.61. The summed E-state index contributed by atoms with van der Waals surface area (Å²) in [5.41, 5.74) is 0. The molecule has 0 bridgehead atoms. The van der Waals surface area contributed by atoms with Crippen molar-refractivity contribution in [3.63, 3.8) is 0 Å². The van der Waals surface area contributed by atoms with Crippen LogP contribution >= 0.6 is 11.8 Å². The van der Waals surface area contributed by atoms with Gasteiger partial charge in [0.15, 0.2) is 15.8 Å². The Morgan fingerprint density at radius 3 is 2.72 bits per heavy atom. The fraction of sp³-hybridized carbons (Fsp3) is 0.706. The monoisotopic (exact) mass is 385 g/mol. The summed E-state index contributed by atoms with van der Waals surface area (Å²) in [4.78, 5) is 37.8. The number of thioether (sulfide) groups is 1. The van der Waals surface area contributed by atoms with Crippen molar-refractivity contribution < 1.29 is 23.5 Å². The zero-order valence-electron chi connectivity index (χ0n) is 15.3. The number of hydrogen-bond donors (Lipinski definition) is 0. The summed E-state index contributed by atoms with van der Waals surface area (Å²) in [5, 5.41) is -0.357. The van der Waals surface area contributed by atoms with E-state index in [9.17, 15) is 14.4 Å². The first-order chi connectivity index (χ1) is 11.7. The van der Waals surface area contributed by atoms with Gasteiger partial charge in [0, 0.05) is 6.61 Å².